The van der Waals surface area contributed by atoms with E-state index in [9.17, 15) is 14.0 Å². The molecule has 6 nitrogen and oxygen atoms in total. The molecule has 0 aromatic heterocycles. The molecule has 8 heteroatoms. The largest absolute Gasteiger partial charge is 0.351 e. The van der Waals surface area contributed by atoms with Crippen molar-refractivity contribution in [1.82, 2.24) is 10.2 Å². The molecule has 2 aromatic carbocycles. The van der Waals surface area contributed by atoms with E-state index in [1.54, 1.807) is 24.0 Å². The maximum atomic E-state index is 13.0. The van der Waals surface area contributed by atoms with Gasteiger partial charge in [-0.2, -0.15) is 0 Å². The minimum atomic E-state index is -0.483. The number of carbonyl (C=O) groups is 2. The molecule has 0 spiro atoms. The van der Waals surface area contributed by atoms with Crippen molar-refractivity contribution in [3.05, 3.63) is 65.5 Å². The van der Waals surface area contributed by atoms with Gasteiger partial charge in [-0.05, 0) is 43.2 Å². The molecule has 160 valence electrons. The lowest BCUT2D eigenvalue weighted by atomic mass is 10.1. The van der Waals surface area contributed by atoms with E-state index in [1.807, 2.05) is 31.2 Å². The van der Waals surface area contributed by atoms with E-state index in [4.69, 9.17) is 0 Å². The zero-order valence-corrected chi connectivity index (χ0v) is 18.2. The van der Waals surface area contributed by atoms with Gasteiger partial charge in [0.1, 0.15) is 17.7 Å². The van der Waals surface area contributed by atoms with Gasteiger partial charge in [0.25, 0.3) is 5.91 Å². The Balaban J connectivity index is 1.51. The molecule has 0 aliphatic carbocycles. The third-order valence-corrected chi connectivity index (χ3v) is 6.19. The van der Waals surface area contributed by atoms with Gasteiger partial charge < -0.3 is 5.32 Å². The topological polar surface area (TPSA) is 74.1 Å². The number of nitrogens with zero attached hydrogens (tertiary/aromatic N) is 3. The SMILES string of the molecule is CCCC1N=C2c3ccccc3N=C(SC(C)C(=O)NCc3ccc(F)cc3)N2C1=O. The van der Waals surface area contributed by atoms with Crippen molar-refractivity contribution in [2.24, 2.45) is 9.98 Å². The molecule has 0 radical (unpaired) electrons. The number of carbonyl (C=O) groups excluding carboxylic acids is 2. The lowest BCUT2D eigenvalue weighted by Gasteiger charge is -2.26. The summed E-state index contributed by atoms with van der Waals surface area (Å²) in [6.45, 7) is 4.10. The molecule has 4 rings (SSSR count). The monoisotopic (exact) mass is 438 g/mol. The molecule has 2 unspecified atom stereocenters. The van der Waals surface area contributed by atoms with Crippen molar-refractivity contribution in [1.29, 1.82) is 0 Å². The molecular formula is C23H23FN4O2S. The van der Waals surface area contributed by atoms with Crippen molar-refractivity contribution in [3.63, 3.8) is 0 Å². The molecule has 2 atom stereocenters. The first-order chi connectivity index (χ1) is 15.0. The van der Waals surface area contributed by atoms with E-state index in [1.165, 1.54) is 23.9 Å². The van der Waals surface area contributed by atoms with Gasteiger partial charge in [0, 0.05) is 12.1 Å². The number of para-hydroxylation sites is 1. The number of thioether (sulfide) groups is 1. The van der Waals surface area contributed by atoms with Gasteiger partial charge >= 0.3 is 0 Å². The van der Waals surface area contributed by atoms with E-state index in [-0.39, 0.29) is 17.6 Å². The number of amidine groups is 2. The first kappa shape index (κ1) is 21.2. The minimum Gasteiger partial charge on any atom is -0.351 e. The zero-order valence-electron chi connectivity index (χ0n) is 17.3. The number of benzene rings is 2. The fourth-order valence-electron chi connectivity index (χ4n) is 3.49. The molecule has 1 N–H and O–H groups in total. The Morgan fingerprint density at radius 3 is 2.71 bits per heavy atom. The van der Waals surface area contributed by atoms with Crippen LogP contribution in [0.5, 0.6) is 0 Å². The van der Waals surface area contributed by atoms with Gasteiger partial charge in [-0.15, -0.1) is 0 Å². The van der Waals surface area contributed by atoms with Crippen molar-refractivity contribution < 1.29 is 14.0 Å². The van der Waals surface area contributed by atoms with Gasteiger partial charge in [0.2, 0.25) is 5.91 Å². The highest BCUT2D eigenvalue weighted by Crippen LogP contribution is 2.35. The number of halogens is 1. The number of hydrogen-bond acceptors (Lipinski definition) is 5. The highest BCUT2D eigenvalue weighted by atomic mass is 32.2. The molecule has 31 heavy (non-hydrogen) atoms. The molecule has 0 bridgehead atoms. The van der Waals surface area contributed by atoms with Crippen LogP contribution in [0.2, 0.25) is 0 Å². The Bertz CT molecular complexity index is 1070. The van der Waals surface area contributed by atoms with E-state index >= 15 is 0 Å². The lowest BCUT2D eigenvalue weighted by Crippen LogP contribution is -2.42. The molecule has 2 aromatic rings. The summed E-state index contributed by atoms with van der Waals surface area (Å²) in [7, 11) is 0. The summed E-state index contributed by atoms with van der Waals surface area (Å²) < 4.78 is 13.0. The van der Waals surface area contributed by atoms with Crippen LogP contribution >= 0.6 is 11.8 Å². The quantitative estimate of drug-likeness (QED) is 0.740. The van der Waals surface area contributed by atoms with E-state index in [0.717, 1.165) is 23.2 Å². The second kappa shape index (κ2) is 9.01. The van der Waals surface area contributed by atoms with Crippen molar-refractivity contribution in [2.75, 3.05) is 0 Å². The fraction of sp³-hybridized carbons (Fsp3) is 0.304. The van der Waals surface area contributed by atoms with Crippen molar-refractivity contribution in [3.8, 4) is 0 Å². The van der Waals surface area contributed by atoms with Gasteiger partial charge in [-0.1, -0.05) is 49.4 Å². The predicted octanol–water partition coefficient (Wildman–Crippen LogP) is 4.02. The van der Waals surface area contributed by atoms with Gasteiger partial charge in [-0.3, -0.25) is 14.6 Å². The summed E-state index contributed by atoms with van der Waals surface area (Å²) in [6.07, 6.45) is 1.52. The average Bonchev–Trinajstić information content (AvgIpc) is 3.10. The number of rotatable bonds is 6. The van der Waals surface area contributed by atoms with Crippen LogP contribution in [0.25, 0.3) is 0 Å². The Hall–Kier alpha value is -3.00. The number of hydrogen-bond donors (Lipinski definition) is 1. The Morgan fingerprint density at radius 2 is 1.97 bits per heavy atom. The molecule has 0 saturated carbocycles. The predicted molar refractivity (Wildman–Crippen MR) is 121 cm³/mol. The summed E-state index contributed by atoms with van der Waals surface area (Å²) >= 11 is 1.23. The molecular weight excluding hydrogens is 415 g/mol. The van der Waals surface area contributed by atoms with Gasteiger partial charge in [0.15, 0.2) is 5.17 Å². The van der Waals surface area contributed by atoms with Crippen LogP contribution in [-0.4, -0.2) is 39.0 Å². The van der Waals surface area contributed by atoms with E-state index < -0.39 is 11.3 Å². The molecule has 0 fully saturated rings. The summed E-state index contributed by atoms with van der Waals surface area (Å²) in [5, 5.41) is 2.84. The highest BCUT2D eigenvalue weighted by Gasteiger charge is 2.41. The highest BCUT2D eigenvalue weighted by molar-refractivity contribution is 8.15. The van der Waals surface area contributed by atoms with Crippen LogP contribution in [0, 0.1) is 5.82 Å². The third kappa shape index (κ3) is 4.39. The Labute approximate surface area is 184 Å². The van der Waals surface area contributed by atoms with Gasteiger partial charge in [-0.25, -0.2) is 14.3 Å². The molecule has 0 saturated heterocycles. The summed E-state index contributed by atoms with van der Waals surface area (Å²) in [4.78, 5) is 36.6. The third-order valence-electron chi connectivity index (χ3n) is 5.14. The molecule has 2 aliphatic rings. The van der Waals surface area contributed by atoms with Crippen LogP contribution < -0.4 is 5.32 Å². The Kier molecular flexibility index (Phi) is 6.18. The second-order valence-electron chi connectivity index (χ2n) is 7.45. The van der Waals surface area contributed by atoms with E-state index in [0.29, 0.717) is 24.0 Å². The smallest absolute Gasteiger partial charge is 0.259 e. The molecule has 2 aliphatic heterocycles. The standard InChI is InChI=1S/C23H23FN4O2S/c1-3-6-19-22(30)28-20(26-19)17-7-4-5-8-18(17)27-23(28)31-14(2)21(29)25-13-15-9-11-16(24)12-10-15/h4-5,7-12,14,19H,3,6,13H2,1-2H3,(H,25,29). The first-order valence-electron chi connectivity index (χ1n) is 10.3. The summed E-state index contributed by atoms with van der Waals surface area (Å²) in [5.41, 5.74) is 2.37. The number of fused-ring (bicyclic) bond motifs is 3. The summed E-state index contributed by atoms with van der Waals surface area (Å²) in [5.74, 6) is 0.00170. The zero-order chi connectivity index (χ0) is 22.0. The van der Waals surface area contributed by atoms with Crippen LogP contribution in [0.15, 0.2) is 58.5 Å². The number of aliphatic imine (C=N–C) groups is 2. The molecule has 2 heterocycles. The van der Waals surface area contributed by atoms with Crippen LogP contribution in [0.1, 0.15) is 37.8 Å². The first-order valence-corrected chi connectivity index (χ1v) is 11.1. The normalized spacial score (nSPS) is 18.1. The lowest BCUT2D eigenvalue weighted by molar-refractivity contribution is -0.124. The number of nitrogens with one attached hydrogen (secondary N) is 1. The number of amides is 2. The second-order valence-corrected chi connectivity index (χ2v) is 8.75. The summed E-state index contributed by atoms with van der Waals surface area (Å²) in [6, 6.07) is 13.2. The Morgan fingerprint density at radius 1 is 1.23 bits per heavy atom. The van der Waals surface area contributed by atoms with Crippen LogP contribution in [0.3, 0.4) is 0 Å². The van der Waals surface area contributed by atoms with Crippen LogP contribution in [-0.2, 0) is 16.1 Å². The van der Waals surface area contributed by atoms with Crippen molar-refractivity contribution >= 4 is 40.3 Å². The minimum absolute atomic E-state index is 0.100. The maximum absolute atomic E-state index is 13.0. The van der Waals surface area contributed by atoms with E-state index in [2.05, 4.69) is 15.3 Å². The fourth-order valence-corrected chi connectivity index (χ4v) is 4.43. The average molecular weight is 439 g/mol. The molecule has 2 amide bonds. The van der Waals surface area contributed by atoms with Gasteiger partial charge in [0.05, 0.1) is 10.9 Å². The van der Waals surface area contributed by atoms with Crippen molar-refractivity contribution in [2.45, 2.75) is 44.5 Å². The maximum Gasteiger partial charge on any atom is 0.259 e. The van der Waals surface area contributed by atoms with Crippen LogP contribution in [0.4, 0.5) is 10.1 Å².